The van der Waals surface area contributed by atoms with Crippen molar-refractivity contribution in [2.75, 3.05) is 20.3 Å². The maximum atomic E-state index is 12.8. The Hall–Kier alpha value is -2.66. The molecule has 0 unspecified atom stereocenters. The second-order valence-electron chi connectivity index (χ2n) is 6.75. The first-order chi connectivity index (χ1) is 13.1. The Morgan fingerprint density at radius 1 is 1.19 bits per heavy atom. The maximum absolute atomic E-state index is 12.8. The number of amides is 1. The molecule has 1 amide bonds. The van der Waals surface area contributed by atoms with Gasteiger partial charge < -0.3 is 19.8 Å². The van der Waals surface area contributed by atoms with Crippen molar-refractivity contribution >= 4 is 28.4 Å². The van der Waals surface area contributed by atoms with E-state index >= 15 is 0 Å². The summed E-state index contributed by atoms with van der Waals surface area (Å²) in [4.78, 5) is 16.1. The number of fused-ring (bicyclic) bond motifs is 1. The summed E-state index contributed by atoms with van der Waals surface area (Å²) in [6, 6.07) is 13.1. The molecule has 27 heavy (non-hydrogen) atoms. The number of aromatic amines is 1. The summed E-state index contributed by atoms with van der Waals surface area (Å²) in [7, 11) is 1.63. The van der Waals surface area contributed by atoms with E-state index < -0.39 is 5.41 Å². The summed E-state index contributed by atoms with van der Waals surface area (Å²) in [6.07, 6.45) is 3.62. The van der Waals surface area contributed by atoms with Gasteiger partial charge in [0.05, 0.1) is 19.1 Å². The molecule has 1 heterocycles. The van der Waals surface area contributed by atoms with E-state index in [1.165, 1.54) is 0 Å². The molecule has 6 heteroatoms. The van der Waals surface area contributed by atoms with Gasteiger partial charge in [0.25, 0.3) is 0 Å². The minimum Gasteiger partial charge on any atom is -0.497 e. The van der Waals surface area contributed by atoms with E-state index in [0.717, 1.165) is 40.8 Å². The zero-order valence-electron chi connectivity index (χ0n) is 15.0. The van der Waals surface area contributed by atoms with Gasteiger partial charge in [-0.2, -0.15) is 0 Å². The number of H-pyrrole nitrogens is 1. The van der Waals surface area contributed by atoms with Crippen LogP contribution in [0.3, 0.4) is 0 Å². The average molecular weight is 385 g/mol. The second-order valence-corrected chi connectivity index (χ2v) is 7.19. The standard InChI is InChI=1S/C21H21ClN2O3/c1-26-15-3-5-16(6-4-15)27-11-10-23-20(25)21(8-9-21)18-13-24-19-7-2-14(22)12-17(18)19/h2-7,12-13,24H,8-11H2,1H3,(H,23,25). The van der Waals surface area contributed by atoms with E-state index in [9.17, 15) is 4.79 Å². The Bertz CT molecular complexity index is 961. The minimum atomic E-state index is -0.455. The number of rotatable bonds is 7. The molecule has 1 saturated carbocycles. The van der Waals surface area contributed by atoms with Gasteiger partial charge in [0.2, 0.25) is 5.91 Å². The van der Waals surface area contributed by atoms with Crippen molar-refractivity contribution < 1.29 is 14.3 Å². The Morgan fingerprint density at radius 2 is 1.93 bits per heavy atom. The van der Waals surface area contributed by atoms with E-state index in [4.69, 9.17) is 21.1 Å². The van der Waals surface area contributed by atoms with Gasteiger partial charge in [0.1, 0.15) is 18.1 Å². The van der Waals surface area contributed by atoms with Crippen LogP contribution in [0.5, 0.6) is 11.5 Å². The van der Waals surface area contributed by atoms with Gasteiger partial charge in [-0.05, 0) is 60.9 Å². The van der Waals surface area contributed by atoms with Crippen LogP contribution in [0.4, 0.5) is 0 Å². The lowest BCUT2D eigenvalue weighted by Crippen LogP contribution is -2.37. The predicted octanol–water partition coefficient (Wildman–Crippen LogP) is 4.06. The number of carbonyl (C=O) groups is 1. The van der Waals surface area contributed by atoms with Gasteiger partial charge in [-0.3, -0.25) is 4.79 Å². The smallest absolute Gasteiger partial charge is 0.230 e. The van der Waals surface area contributed by atoms with Gasteiger partial charge in [-0.25, -0.2) is 0 Å². The van der Waals surface area contributed by atoms with Gasteiger partial charge in [0.15, 0.2) is 0 Å². The lowest BCUT2D eigenvalue weighted by molar-refractivity contribution is -0.123. The summed E-state index contributed by atoms with van der Waals surface area (Å²) in [5.41, 5.74) is 1.56. The summed E-state index contributed by atoms with van der Waals surface area (Å²) in [6.45, 7) is 0.865. The number of hydrogen-bond donors (Lipinski definition) is 2. The molecule has 0 spiro atoms. The Balaban J connectivity index is 1.37. The quantitative estimate of drug-likeness (QED) is 0.604. The van der Waals surface area contributed by atoms with Crippen molar-refractivity contribution in [3.63, 3.8) is 0 Å². The number of ether oxygens (including phenoxy) is 2. The van der Waals surface area contributed by atoms with Crippen LogP contribution in [0.25, 0.3) is 10.9 Å². The molecule has 1 aliphatic rings. The third-order valence-corrected chi connectivity index (χ3v) is 5.29. The number of halogens is 1. The molecule has 140 valence electrons. The highest BCUT2D eigenvalue weighted by Gasteiger charge is 2.52. The maximum Gasteiger partial charge on any atom is 0.230 e. The first kappa shape index (κ1) is 17.7. The fourth-order valence-electron chi connectivity index (χ4n) is 3.41. The number of nitrogens with one attached hydrogen (secondary N) is 2. The monoisotopic (exact) mass is 384 g/mol. The van der Waals surface area contributed by atoms with Crippen LogP contribution in [0.1, 0.15) is 18.4 Å². The molecule has 0 aliphatic heterocycles. The van der Waals surface area contributed by atoms with Gasteiger partial charge in [-0.15, -0.1) is 0 Å². The highest BCUT2D eigenvalue weighted by atomic mass is 35.5. The summed E-state index contributed by atoms with van der Waals surface area (Å²) >= 11 is 6.14. The van der Waals surface area contributed by atoms with Crippen LogP contribution in [0, 0.1) is 0 Å². The predicted molar refractivity (Wildman–Crippen MR) is 106 cm³/mol. The number of hydrogen-bond acceptors (Lipinski definition) is 3. The van der Waals surface area contributed by atoms with Crippen molar-refractivity contribution in [1.82, 2.24) is 10.3 Å². The SMILES string of the molecule is COc1ccc(OCCNC(=O)C2(c3c[nH]c4ccc(Cl)cc34)CC2)cc1. The lowest BCUT2D eigenvalue weighted by Gasteiger charge is -2.15. The van der Waals surface area contributed by atoms with Crippen LogP contribution in [-0.2, 0) is 10.2 Å². The molecular formula is C21H21ClN2O3. The van der Waals surface area contributed by atoms with Crippen molar-refractivity contribution in [3.05, 3.63) is 59.2 Å². The first-order valence-electron chi connectivity index (χ1n) is 8.95. The molecule has 0 atom stereocenters. The molecule has 1 aromatic heterocycles. The largest absolute Gasteiger partial charge is 0.497 e. The van der Waals surface area contributed by atoms with E-state index in [0.29, 0.717) is 18.2 Å². The van der Waals surface area contributed by atoms with E-state index in [-0.39, 0.29) is 5.91 Å². The fourth-order valence-corrected chi connectivity index (χ4v) is 3.58. The number of carbonyl (C=O) groups excluding carboxylic acids is 1. The molecule has 5 nitrogen and oxygen atoms in total. The molecule has 0 saturated heterocycles. The Morgan fingerprint density at radius 3 is 2.63 bits per heavy atom. The zero-order valence-corrected chi connectivity index (χ0v) is 15.8. The van der Waals surface area contributed by atoms with Crippen molar-refractivity contribution in [3.8, 4) is 11.5 Å². The molecule has 0 radical (unpaired) electrons. The summed E-state index contributed by atoms with van der Waals surface area (Å²) in [5.74, 6) is 1.57. The molecule has 2 aromatic carbocycles. The van der Waals surface area contributed by atoms with Gasteiger partial charge >= 0.3 is 0 Å². The number of methoxy groups -OCH3 is 1. The average Bonchev–Trinajstić information content (AvgIpc) is 3.39. The van der Waals surface area contributed by atoms with Crippen LogP contribution < -0.4 is 14.8 Å². The highest BCUT2D eigenvalue weighted by molar-refractivity contribution is 6.31. The fraction of sp³-hybridized carbons (Fsp3) is 0.286. The number of benzene rings is 2. The Labute approximate surface area is 162 Å². The minimum absolute atomic E-state index is 0.0432. The van der Waals surface area contributed by atoms with E-state index in [1.54, 1.807) is 7.11 Å². The number of aromatic nitrogens is 1. The van der Waals surface area contributed by atoms with Gasteiger partial charge in [0, 0.05) is 22.1 Å². The summed E-state index contributed by atoms with van der Waals surface area (Å²) < 4.78 is 10.8. The van der Waals surface area contributed by atoms with Crippen molar-refractivity contribution in [2.45, 2.75) is 18.3 Å². The van der Waals surface area contributed by atoms with Crippen LogP contribution >= 0.6 is 11.6 Å². The van der Waals surface area contributed by atoms with Crippen LogP contribution in [0.15, 0.2) is 48.7 Å². The van der Waals surface area contributed by atoms with Crippen LogP contribution in [0.2, 0.25) is 5.02 Å². The molecular weight excluding hydrogens is 364 g/mol. The van der Waals surface area contributed by atoms with E-state index in [1.807, 2.05) is 48.7 Å². The lowest BCUT2D eigenvalue weighted by atomic mass is 9.94. The zero-order chi connectivity index (χ0) is 18.9. The first-order valence-corrected chi connectivity index (χ1v) is 9.32. The summed E-state index contributed by atoms with van der Waals surface area (Å²) in [5, 5.41) is 4.70. The molecule has 2 N–H and O–H groups in total. The van der Waals surface area contributed by atoms with E-state index in [2.05, 4.69) is 10.3 Å². The molecule has 4 rings (SSSR count). The normalized spacial score (nSPS) is 14.7. The Kier molecular flexibility index (Phi) is 4.70. The van der Waals surface area contributed by atoms with Crippen molar-refractivity contribution in [1.29, 1.82) is 0 Å². The molecule has 0 bridgehead atoms. The molecule has 1 aliphatic carbocycles. The van der Waals surface area contributed by atoms with Crippen molar-refractivity contribution in [2.24, 2.45) is 0 Å². The molecule has 3 aromatic rings. The second kappa shape index (κ2) is 7.16. The topological polar surface area (TPSA) is 63.4 Å². The van der Waals surface area contributed by atoms with Crippen LogP contribution in [-0.4, -0.2) is 31.2 Å². The molecule has 1 fully saturated rings. The third kappa shape index (κ3) is 3.47. The van der Waals surface area contributed by atoms with Gasteiger partial charge in [-0.1, -0.05) is 11.6 Å². The third-order valence-electron chi connectivity index (χ3n) is 5.06. The highest BCUT2D eigenvalue weighted by Crippen LogP contribution is 2.50.